The number of carbonyl (C=O) groups is 2. The van der Waals surface area contributed by atoms with Crippen LogP contribution in [0.1, 0.15) is 46.5 Å². The lowest BCUT2D eigenvalue weighted by Gasteiger charge is -2.09. The van der Waals surface area contributed by atoms with Crippen molar-refractivity contribution in [2.75, 3.05) is 6.54 Å². The van der Waals surface area contributed by atoms with E-state index in [2.05, 4.69) is 24.5 Å². The number of carbonyl (C=O) groups excluding carboxylic acids is 2. The molecule has 0 bridgehead atoms. The summed E-state index contributed by atoms with van der Waals surface area (Å²) in [6.45, 7) is 5.33. The van der Waals surface area contributed by atoms with Gasteiger partial charge in [-0.1, -0.05) is 50.2 Å². The number of rotatable bonds is 7. The molecule has 0 unspecified atom stereocenters. The molecule has 2 N–H and O–H groups in total. The van der Waals surface area contributed by atoms with Gasteiger partial charge in [0, 0.05) is 24.2 Å². The van der Waals surface area contributed by atoms with Gasteiger partial charge in [-0.2, -0.15) is 0 Å². The summed E-state index contributed by atoms with van der Waals surface area (Å²) < 4.78 is 0. The Kier molecular flexibility index (Phi) is 6.55. The summed E-state index contributed by atoms with van der Waals surface area (Å²) in [4.78, 5) is 24.4. The average molecular weight is 324 g/mol. The first kappa shape index (κ1) is 17.7. The zero-order valence-corrected chi connectivity index (χ0v) is 14.2. The van der Waals surface area contributed by atoms with Gasteiger partial charge < -0.3 is 10.6 Å². The maximum atomic E-state index is 12.3. The highest BCUT2D eigenvalue weighted by Crippen LogP contribution is 2.07. The van der Waals surface area contributed by atoms with E-state index in [1.807, 2.05) is 30.3 Å². The van der Waals surface area contributed by atoms with Crippen molar-refractivity contribution in [3.63, 3.8) is 0 Å². The van der Waals surface area contributed by atoms with Gasteiger partial charge in [-0.25, -0.2) is 0 Å². The van der Waals surface area contributed by atoms with Crippen molar-refractivity contribution in [1.29, 1.82) is 0 Å². The van der Waals surface area contributed by atoms with Gasteiger partial charge in [0.2, 0.25) is 0 Å². The Morgan fingerprint density at radius 2 is 1.50 bits per heavy atom. The van der Waals surface area contributed by atoms with Crippen LogP contribution in [-0.2, 0) is 6.54 Å². The molecule has 0 aliphatic rings. The van der Waals surface area contributed by atoms with Crippen molar-refractivity contribution in [2.45, 2.75) is 26.8 Å². The molecule has 4 nitrogen and oxygen atoms in total. The lowest BCUT2D eigenvalue weighted by Crippen LogP contribution is -2.26. The molecule has 126 valence electrons. The van der Waals surface area contributed by atoms with Crippen molar-refractivity contribution in [2.24, 2.45) is 5.92 Å². The molecule has 0 heterocycles. The molecule has 2 amide bonds. The molecule has 2 rings (SSSR count). The van der Waals surface area contributed by atoms with Gasteiger partial charge in [0.25, 0.3) is 11.8 Å². The fourth-order valence-electron chi connectivity index (χ4n) is 2.26. The standard InChI is InChI=1S/C20H24N2O2/c1-15(2)11-12-21-19(23)17-9-6-10-18(13-17)20(24)22-14-16-7-4-3-5-8-16/h3-10,13,15H,11-12,14H2,1-2H3,(H,21,23)(H,22,24). The van der Waals surface area contributed by atoms with Crippen LogP contribution in [0, 0.1) is 5.92 Å². The van der Waals surface area contributed by atoms with E-state index in [9.17, 15) is 9.59 Å². The first-order valence-corrected chi connectivity index (χ1v) is 8.26. The first-order valence-electron chi connectivity index (χ1n) is 8.26. The lowest BCUT2D eigenvalue weighted by atomic mass is 10.1. The highest BCUT2D eigenvalue weighted by molar-refractivity contribution is 5.99. The fourth-order valence-corrected chi connectivity index (χ4v) is 2.26. The minimum atomic E-state index is -0.185. The van der Waals surface area contributed by atoms with Crippen LogP contribution >= 0.6 is 0 Å². The molecule has 0 aliphatic heterocycles. The van der Waals surface area contributed by atoms with Gasteiger partial charge in [-0.05, 0) is 36.1 Å². The molecule has 4 heteroatoms. The first-order chi connectivity index (χ1) is 11.6. The third-order valence-corrected chi connectivity index (χ3v) is 3.69. The van der Waals surface area contributed by atoms with E-state index in [0.29, 0.717) is 30.1 Å². The zero-order valence-electron chi connectivity index (χ0n) is 14.2. The van der Waals surface area contributed by atoms with Crippen molar-refractivity contribution >= 4 is 11.8 Å². The van der Waals surface area contributed by atoms with E-state index >= 15 is 0 Å². The smallest absolute Gasteiger partial charge is 0.251 e. The molecule has 0 spiro atoms. The summed E-state index contributed by atoms with van der Waals surface area (Å²) in [5.41, 5.74) is 2.03. The Hall–Kier alpha value is -2.62. The largest absolute Gasteiger partial charge is 0.352 e. The summed E-state index contributed by atoms with van der Waals surface area (Å²) in [6.07, 6.45) is 0.934. The zero-order chi connectivity index (χ0) is 17.4. The summed E-state index contributed by atoms with van der Waals surface area (Å²) in [7, 11) is 0. The third kappa shape index (κ3) is 5.54. The van der Waals surface area contributed by atoms with Crippen LogP contribution in [0.3, 0.4) is 0 Å². The normalized spacial score (nSPS) is 10.5. The van der Waals surface area contributed by atoms with E-state index in [-0.39, 0.29) is 11.8 Å². The Balaban J connectivity index is 1.93. The van der Waals surface area contributed by atoms with Crippen molar-refractivity contribution in [3.05, 3.63) is 71.3 Å². The Bertz CT molecular complexity index is 681. The molecule has 0 saturated carbocycles. The third-order valence-electron chi connectivity index (χ3n) is 3.69. The summed E-state index contributed by atoms with van der Waals surface area (Å²) >= 11 is 0. The quantitative estimate of drug-likeness (QED) is 0.820. The maximum absolute atomic E-state index is 12.3. The van der Waals surface area contributed by atoms with Crippen LogP contribution in [-0.4, -0.2) is 18.4 Å². The molecule has 0 radical (unpaired) electrons. The van der Waals surface area contributed by atoms with Crippen LogP contribution in [0.25, 0.3) is 0 Å². The fraction of sp³-hybridized carbons (Fsp3) is 0.300. The second kappa shape index (κ2) is 8.87. The van der Waals surface area contributed by atoms with Crippen LogP contribution in [0.5, 0.6) is 0 Å². The van der Waals surface area contributed by atoms with Crippen molar-refractivity contribution in [1.82, 2.24) is 10.6 Å². The minimum Gasteiger partial charge on any atom is -0.352 e. The predicted octanol–water partition coefficient (Wildman–Crippen LogP) is 3.39. The second-order valence-corrected chi connectivity index (χ2v) is 6.19. The van der Waals surface area contributed by atoms with Gasteiger partial charge in [0.15, 0.2) is 0 Å². The van der Waals surface area contributed by atoms with Gasteiger partial charge in [0.1, 0.15) is 0 Å². The highest BCUT2D eigenvalue weighted by atomic mass is 16.2. The average Bonchev–Trinajstić information content (AvgIpc) is 2.60. The van der Waals surface area contributed by atoms with E-state index in [1.165, 1.54) is 0 Å². The number of hydrogen-bond acceptors (Lipinski definition) is 2. The molecular formula is C20H24N2O2. The van der Waals surface area contributed by atoms with E-state index in [1.54, 1.807) is 24.3 Å². The lowest BCUT2D eigenvalue weighted by molar-refractivity contribution is 0.0950. The molecule has 2 aromatic rings. The summed E-state index contributed by atoms with van der Waals surface area (Å²) in [5.74, 6) is 0.212. The van der Waals surface area contributed by atoms with Gasteiger partial charge >= 0.3 is 0 Å². The van der Waals surface area contributed by atoms with Crippen LogP contribution < -0.4 is 10.6 Å². The second-order valence-electron chi connectivity index (χ2n) is 6.19. The molecule has 0 aromatic heterocycles. The number of benzene rings is 2. The number of amides is 2. The molecule has 0 atom stereocenters. The van der Waals surface area contributed by atoms with Gasteiger partial charge in [0.05, 0.1) is 0 Å². The summed E-state index contributed by atoms with van der Waals surface area (Å²) in [5, 5.41) is 5.75. The predicted molar refractivity (Wildman–Crippen MR) is 95.8 cm³/mol. The Morgan fingerprint density at radius 3 is 2.12 bits per heavy atom. The topological polar surface area (TPSA) is 58.2 Å². The van der Waals surface area contributed by atoms with Crippen LogP contribution in [0.2, 0.25) is 0 Å². The highest BCUT2D eigenvalue weighted by Gasteiger charge is 2.10. The van der Waals surface area contributed by atoms with E-state index in [4.69, 9.17) is 0 Å². The molecule has 2 aromatic carbocycles. The molecule has 0 saturated heterocycles. The van der Waals surface area contributed by atoms with Crippen LogP contribution in [0.15, 0.2) is 54.6 Å². The SMILES string of the molecule is CC(C)CCNC(=O)c1cccc(C(=O)NCc2ccccc2)c1. The van der Waals surface area contributed by atoms with Gasteiger partial charge in [-0.3, -0.25) is 9.59 Å². The van der Waals surface area contributed by atoms with Crippen molar-refractivity contribution < 1.29 is 9.59 Å². The summed E-state index contributed by atoms with van der Waals surface area (Å²) in [6, 6.07) is 16.5. The number of hydrogen-bond donors (Lipinski definition) is 2. The Morgan fingerprint density at radius 1 is 0.875 bits per heavy atom. The minimum absolute atomic E-state index is 0.145. The number of nitrogens with one attached hydrogen (secondary N) is 2. The Labute approximate surface area is 143 Å². The molecular weight excluding hydrogens is 300 g/mol. The van der Waals surface area contributed by atoms with Gasteiger partial charge in [-0.15, -0.1) is 0 Å². The monoisotopic (exact) mass is 324 g/mol. The van der Waals surface area contributed by atoms with Crippen LogP contribution in [0.4, 0.5) is 0 Å². The maximum Gasteiger partial charge on any atom is 0.251 e. The van der Waals surface area contributed by atoms with Crippen molar-refractivity contribution in [3.8, 4) is 0 Å². The van der Waals surface area contributed by atoms with E-state index in [0.717, 1.165) is 12.0 Å². The molecule has 0 aliphatic carbocycles. The molecule has 0 fully saturated rings. The van der Waals surface area contributed by atoms with E-state index < -0.39 is 0 Å². The molecule has 24 heavy (non-hydrogen) atoms.